The van der Waals surface area contributed by atoms with Crippen molar-refractivity contribution in [3.63, 3.8) is 0 Å². The van der Waals surface area contributed by atoms with Crippen molar-refractivity contribution in [2.24, 2.45) is 5.92 Å². The molecular weight excluding hydrogens is 358 g/mol. The topological polar surface area (TPSA) is 58.2 Å². The number of halogens is 2. The number of rotatable bonds is 6. The van der Waals surface area contributed by atoms with E-state index in [2.05, 4.69) is 10.6 Å². The van der Waals surface area contributed by atoms with Crippen LogP contribution in [0.2, 0.25) is 0 Å². The minimum absolute atomic E-state index is 0.0487. The predicted molar refractivity (Wildman–Crippen MR) is 100 cm³/mol. The Balaban J connectivity index is 1.99. The first-order chi connectivity index (χ1) is 12.3. The van der Waals surface area contributed by atoms with Crippen molar-refractivity contribution in [1.82, 2.24) is 0 Å². The second kappa shape index (κ2) is 8.80. The predicted octanol–water partition coefficient (Wildman–Crippen LogP) is 4.60. The van der Waals surface area contributed by atoms with Crippen LogP contribution < -0.4 is 10.6 Å². The summed E-state index contributed by atoms with van der Waals surface area (Å²) >= 11 is 1.11. The number of aryl methyl sites for hydroxylation is 1. The largest absolute Gasteiger partial charge is 0.326 e. The van der Waals surface area contributed by atoms with E-state index in [9.17, 15) is 18.4 Å². The van der Waals surface area contributed by atoms with Crippen molar-refractivity contribution in [2.75, 3.05) is 16.4 Å². The maximum absolute atomic E-state index is 13.2. The molecule has 2 amide bonds. The number of benzene rings is 2. The highest BCUT2D eigenvalue weighted by molar-refractivity contribution is 8.00. The first kappa shape index (κ1) is 19.9. The van der Waals surface area contributed by atoms with E-state index >= 15 is 0 Å². The van der Waals surface area contributed by atoms with Gasteiger partial charge in [0.25, 0.3) is 0 Å². The Kier molecular flexibility index (Phi) is 6.74. The Morgan fingerprint density at radius 3 is 2.42 bits per heavy atom. The highest BCUT2D eigenvalue weighted by Gasteiger charge is 2.11. The van der Waals surface area contributed by atoms with Crippen LogP contribution in [0.1, 0.15) is 19.4 Å². The smallest absolute Gasteiger partial charge is 0.234 e. The van der Waals surface area contributed by atoms with Gasteiger partial charge in [-0.3, -0.25) is 9.59 Å². The summed E-state index contributed by atoms with van der Waals surface area (Å²) in [7, 11) is 0. The summed E-state index contributed by atoms with van der Waals surface area (Å²) < 4.78 is 26.1. The molecule has 0 atom stereocenters. The molecule has 7 heteroatoms. The third-order valence-electron chi connectivity index (χ3n) is 3.56. The molecule has 0 aliphatic carbocycles. The van der Waals surface area contributed by atoms with Crippen LogP contribution in [0.4, 0.5) is 20.2 Å². The average molecular weight is 378 g/mol. The number of amides is 2. The fourth-order valence-electron chi connectivity index (χ4n) is 2.02. The molecule has 0 aliphatic rings. The summed E-state index contributed by atoms with van der Waals surface area (Å²) in [5, 5.41) is 5.55. The molecule has 0 unspecified atom stereocenters. The van der Waals surface area contributed by atoms with Crippen molar-refractivity contribution in [1.29, 1.82) is 0 Å². The van der Waals surface area contributed by atoms with Crippen molar-refractivity contribution in [3.05, 3.63) is 53.6 Å². The summed E-state index contributed by atoms with van der Waals surface area (Å²) in [5.74, 6) is -2.36. The van der Waals surface area contributed by atoms with Crippen LogP contribution in [0.15, 0.2) is 41.3 Å². The van der Waals surface area contributed by atoms with Gasteiger partial charge in [-0.1, -0.05) is 19.9 Å². The van der Waals surface area contributed by atoms with Gasteiger partial charge in [-0.05, 0) is 42.8 Å². The molecule has 0 aromatic heterocycles. The molecule has 0 spiro atoms. The van der Waals surface area contributed by atoms with E-state index in [4.69, 9.17) is 0 Å². The number of nitrogens with one attached hydrogen (secondary N) is 2. The Bertz CT molecular complexity index is 825. The molecule has 0 heterocycles. The van der Waals surface area contributed by atoms with E-state index < -0.39 is 11.6 Å². The van der Waals surface area contributed by atoms with Gasteiger partial charge in [0, 0.05) is 22.2 Å². The Morgan fingerprint density at radius 1 is 1.04 bits per heavy atom. The lowest BCUT2D eigenvalue weighted by Crippen LogP contribution is -2.18. The number of carbonyl (C=O) groups excluding carboxylic acids is 2. The quantitative estimate of drug-likeness (QED) is 0.723. The van der Waals surface area contributed by atoms with Crippen molar-refractivity contribution < 1.29 is 18.4 Å². The molecule has 0 saturated heterocycles. The lowest BCUT2D eigenvalue weighted by atomic mass is 10.1. The molecule has 4 nitrogen and oxygen atoms in total. The number of hydrogen-bond donors (Lipinski definition) is 2. The van der Waals surface area contributed by atoms with Gasteiger partial charge < -0.3 is 10.6 Å². The zero-order valence-corrected chi connectivity index (χ0v) is 15.5. The molecule has 2 aromatic carbocycles. The summed E-state index contributed by atoms with van der Waals surface area (Å²) in [5.41, 5.74) is 2.03. The summed E-state index contributed by atoms with van der Waals surface area (Å²) in [6, 6.07) is 8.76. The minimum atomic E-state index is -0.945. The SMILES string of the molecule is Cc1ccc(NC(=O)C(C)C)cc1NC(=O)CSc1ccc(F)c(F)c1. The first-order valence-corrected chi connectivity index (χ1v) is 9.04. The van der Waals surface area contributed by atoms with E-state index in [1.54, 1.807) is 32.0 Å². The third kappa shape index (κ3) is 5.56. The number of hydrogen-bond acceptors (Lipinski definition) is 3. The van der Waals surface area contributed by atoms with E-state index in [0.29, 0.717) is 16.3 Å². The fourth-order valence-corrected chi connectivity index (χ4v) is 2.74. The highest BCUT2D eigenvalue weighted by atomic mass is 32.2. The second-order valence-corrected chi connectivity index (χ2v) is 7.14. The van der Waals surface area contributed by atoms with Crippen molar-refractivity contribution in [2.45, 2.75) is 25.7 Å². The van der Waals surface area contributed by atoms with Crippen LogP contribution in [-0.4, -0.2) is 17.6 Å². The van der Waals surface area contributed by atoms with Crippen LogP contribution in [0.3, 0.4) is 0 Å². The van der Waals surface area contributed by atoms with Crippen LogP contribution in [0.25, 0.3) is 0 Å². The molecule has 0 radical (unpaired) electrons. The van der Waals surface area contributed by atoms with Gasteiger partial charge in [-0.25, -0.2) is 8.78 Å². The van der Waals surface area contributed by atoms with Crippen molar-refractivity contribution in [3.8, 4) is 0 Å². The minimum Gasteiger partial charge on any atom is -0.326 e. The van der Waals surface area contributed by atoms with Crippen LogP contribution >= 0.6 is 11.8 Å². The molecule has 0 fully saturated rings. The zero-order valence-electron chi connectivity index (χ0n) is 14.7. The van der Waals surface area contributed by atoms with Crippen LogP contribution in [-0.2, 0) is 9.59 Å². The first-order valence-electron chi connectivity index (χ1n) is 8.05. The van der Waals surface area contributed by atoms with E-state index in [1.807, 2.05) is 6.92 Å². The van der Waals surface area contributed by atoms with Crippen LogP contribution in [0, 0.1) is 24.5 Å². The molecule has 0 aliphatic heterocycles. The summed E-state index contributed by atoms with van der Waals surface area (Å²) in [6.07, 6.45) is 0. The highest BCUT2D eigenvalue weighted by Crippen LogP contribution is 2.23. The maximum Gasteiger partial charge on any atom is 0.234 e. The molecule has 26 heavy (non-hydrogen) atoms. The second-order valence-electron chi connectivity index (χ2n) is 6.09. The lowest BCUT2D eigenvalue weighted by Gasteiger charge is -2.12. The Morgan fingerprint density at radius 2 is 1.77 bits per heavy atom. The van der Waals surface area contributed by atoms with Gasteiger partial charge in [0.1, 0.15) is 0 Å². The average Bonchev–Trinajstić information content (AvgIpc) is 2.58. The maximum atomic E-state index is 13.2. The number of anilines is 2. The molecule has 2 N–H and O–H groups in total. The van der Waals surface area contributed by atoms with Gasteiger partial charge in [0.15, 0.2) is 11.6 Å². The molecular formula is C19H20F2N2O2S. The van der Waals surface area contributed by atoms with Gasteiger partial charge >= 0.3 is 0 Å². The molecule has 0 saturated carbocycles. The summed E-state index contributed by atoms with van der Waals surface area (Å²) in [4.78, 5) is 24.4. The van der Waals surface area contributed by atoms with E-state index in [0.717, 1.165) is 29.5 Å². The Hall–Kier alpha value is -2.41. The van der Waals surface area contributed by atoms with Gasteiger partial charge in [-0.15, -0.1) is 11.8 Å². The van der Waals surface area contributed by atoms with Gasteiger partial charge in [-0.2, -0.15) is 0 Å². The van der Waals surface area contributed by atoms with E-state index in [1.165, 1.54) is 6.07 Å². The number of thioether (sulfide) groups is 1. The van der Waals surface area contributed by atoms with E-state index in [-0.39, 0.29) is 23.5 Å². The van der Waals surface area contributed by atoms with Crippen molar-refractivity contribution >= 4 is 35.0 Å². The number of carbonyl (C=O) groups is 2. The zero-order chi connectivity index (χ0) is 19.3. The molecule has 2 rings (SSSR count). The molecule has 2 aromatic rings. The monoisotopic (exact) mass is 378 g/mol. The van der Waals surface area contributed by atoms with Gasteiger partial charge in [0.05, 0.1) is 5.75 Å². The molecule has 138 valence electrons. The third-order valence-corrected chi connectivity index (χ3v) is 4.56. The fraction of sp³-hybridized carbons (Fsp3) is 0.263. The summed E-state index contributed by atoms with van der Waals surface area (Å²) in [6.45, 7) is 5.43. The van der Waals surface area contributed by atoms with Crippen LogP contribution in [0.5, 0.6) is 0 Å². The normalized spacial score (nSPS) is 10.7. The standard InChI is InChI=1S/C19H20F2N2O2S/c1-11(2)19(25)22-13-5-4-12(3)17(8-13)23-18(24)10-26-14-6-7-15(20)16(21)9-14/h4-9,11H,10H2,1-3H3,(H,22,25)(H,23,24). The van der Waals surface area contributed by atoms with Gasteiger partial charge in [0.2, 0.25) is 11.8 Å². The lowest BCUT2D eigenvalue weighted by molar-refractivity contribution is -0.119. The Labute approximate surface area is 155 Å². The molecule has 0 bridgehead atoms.